The number of hydrogen-bond acceptors (Lipinski definition) is 3. The van der Waals surface area contributed by atoms with Crippen molar-refractivity contribution in [2.75, 3.05) is 19.6 Å². The van der Waals surface area contributed by atoms with Crippen LogP contribution in [0.1, 0.15) is 11.8 Å². The van der Waals surface area contributed by atoms with E-state index in [-0.39, 0.29) is 11.9 Å². The second kappa shape index (κ2) is 5.67. The average molecular weight is 271 g/mol. The lowest BCUT2D eigenvalue weighted by atomic mass is 10.2. The van der Waals surface area contributed by atoms with Gasteiger partial charge in [0.1, 0.15) is 0 Å². The normalized spacial score (nSPS) is 22.0. The van der Waals surface area contributed by atoms with Crippen molar-refractivity contribution < 1.29 is 4.79 Å². The van der Waals surface area contributed by atoms with E-state index in [4.69, 9.17) is 11.6 Å². The molecule has 1 aliphatic heterocycles. The van der Waals surface area contributed by atoms with E-state index in [2.05, 4.69) is 22.4 Å². The zero-order chi connectivity index (χ0) is 12.3. The third kappa shape index (κ3) is 3.31. The summed E-state index contributed by atoms with van der Waals surface area (Å²) in [4.78, 5) is 14.7. The van der Waals surface area contributed by atoms with Gasteiger partial charge in [0.05, 0.1) is 10.4 Å². The number of piperazine rings is 1. The van der Waals surface area contributed by atoms with Crippen LogP contribution in [0.3, 0.4) is 0 Å². The summed E-state index contributed by atoms with van der Waals surface area (Å²) in [6.07, 6.45) is 4.13. The van der Waals surface area contributed by atoms with Gasteiger partial charge in [-0.3, -0.25) is 9.69 Å². The number of hydrogen-bond donors (Lipinski definition) is 1. The second-order valence-corrected chi connectivity index (χ2v) is 5.75. The Hall–Kier alpha value is -0.840. The number of rotatable bonds is 3. The number of carbonyl (C=O) groups excluding carboxylic acids is 1. The molecule has 0 saturated carbocycles. The topological polar surface area (TPSA) is 32.3 Å². The van der Waals surface area contributed by atoms with Gasteiger partial charge in [-0.2, -0.15) is 0 Å². The number of nitrogens with zero attached hydrogens (tertiary/aromatic N) is 1. The Kier molecular flexibility index (Phi) is 4.20. The predicted molar refractivity (Wildman–Crippen MR) is 72.4 cm³/mol. The minimum atomic E-state index is -0.0414. The molecule has 5 heteroatoms. The van der Waals surface area contributed by atoms with Gasteiger partial charge in [-0.25, -0.2) is 0 Å². The number of halogens is 1. The molecule has 0 radical (unpaired) electrons. The van der Waals surface area contributed by atoms with Crippen LogP contribution in [0, 0.1) is 0 Å². The predicted octanol–water partition coefficient (Wildman–Crippen LogP) is 2.24. The third-order valence-electron chi connectivity index (χ3n) is 2.84. The molecule has 0 bridgehead atoms. The summed E-state index contributed by atoms with van der Waals surface area (Å²) >= 11 is 7.41. The van der Waals surface area contributed by atoms with Crippen molar-refractivity contribution in [3.8, 4) is 0 Å². The highest BCUT2D eigenvalue weighted by Crippen LogP contribution is 2.22. The maximum absolute atomic E-state index is 11.4. The summed E-state index contributed by atoms with van der Waals surface area (Å²) in [6.45, 7) is 4.37. The fourth-order valence-electron chi connectivity index (χ4n) is 1.80. The smallest absolute Gasteiger partial charge is 0.237 e. The first-order valence-electron chi connectivity index (χ1n) is 5.60. The van der Waals surface area contributed by atoms with Crippen molar-refractivity contribution in [2.24, 2.45) is 0 Å². The van der Waals surface area contributed by atoms with E-state index >= 15 is 0 Å². The Morgan fingerprint density at radius 3 is 3.18 bits per heavy atom. The first kappa shape index (κ1) is 12.6. The van der Waals surface area contributed by atoms with Crippen molar-refractivity contribution in [2.45, 2.75) is 13.0 Å². The van der Waals surface area contributed by atoms with E-state index in [0.29, 0.717) is 0 Å². The largest absolute Gasteiger partial charge is 0.353 e. The van der Waals surface area contributed by atoms with Crippen molar-refractivity contribution in [3.63, 3.8) is 0 Å². The van der Waals surface area contributed by atoms with Crippen LogP contribution in [0.25, 0.3) is 6.08 Å². The van der Waals surface area contributed by atoms with Gasteiger partial charge in [-0.15, -0.1) is 11.3 Å². The maximum Gasteiger partial charge on any atom is 0.237 e. The molecule has 0 aliphatic carbocycles. The molecular weight excluding hydrogens is 256 g/mol. The molecule has 3 nitrogen and oxygen atoms in total. The molecular formula is C12H15ClN2OS. The number of amides is 1. The lowest BCUT2D eigenvalue weighted by molar-refractivity contribution is -0.127. The standard InChI is InChI=1S/C12H15ClN2OS/c1-9-12(16)14-6-8-15(9)7-2-3-10-4-5-11(13)17-10/h2-5,9H,6-8H2,1H3,(H,14,16)/t9-/m0/s1. The van der Waals surface area contributed by atoms with Crippen molar-refractivity contribution in [1.82, 2.24) is 10.2 Å². The Morgan fingerprint density at radius 2 is 2.47 bits per heavy atom. The zero-order valence-electron chi connectivity index (χ0n) is 9.65. The lowest BCUT2D eigenvalue weighted by Gasteiger charge is -2.31. The van der Waals surface area contributed by atoms with Crippen LogP contribution >= 0.6 is 22.9 Å². The molecule has 1 aliphatic rings. The summed E-state index contributed by atoms with van der Waals surface area (Å²) in [7, 11) is 0. The van der Waals surface area contributed by atoms with Gasteiger partial charge >= 0.3 is 0 Å². The van der Waals surface area contributed by atoms with Crippen LogP contribution in [0.5, 0.6) is 0 Å². The molecule has 1 atom stereocenters. The van der Waals surface area contributed by atoms with Gasteiger partial charge in [0.25, 0.3) is 0 Å². The highest BCUT2D eigenvalue weighted by atomic mass is 35.5. The molecule has 1 aromatic heterocycles. The first-order chi connectivity index (χ1) is 8.16. The summed E-state index contributed by atoms with van der Waals surface area (Å²) in [5.74, 6) is 0.115. The molecule has 1 fully saturated rings. The van der Waals surface area contributed by atoms with E-state index < -0.39 is 0 Å². The first-order valence-corrected chi connectivity index (χ1v) is 6.80. The van der Waals surface area contributed by atoms with E-state index in [9.17, 15) is 4.79 Å². The molecule has 0 spiro atoms. The van der Waals surface area contributed by atoms with Gasteiger partial charge in [-0.1, -0.05) is 17.7 Å². The summed E-state index contributed by atoms with van der Waals surface area (Å²) < 4.78 is 0.801. The van der Waals surface area contributed by atoms with E-state index in [1.165, 1.54) is 0 Å². The molecule has 0 aromatic carbocycles. The Bertz CT molecular complexity index is 430. The van der Waals surface area contributed by atoms with Crippen molar-refractivity contribution in [3.05, 3.63) is 27.4 Å². The lowest BCUT2D eigenvalue weighted by Crippen LogP contribution is -2.53. The number of nitrogens with one attached hydrogen (secondary N) is 1. The van der Waals surface area contributed by atoms with Gasteiger partial charge < -0.3 is 5.32 Å². The van der Waals surface area contributed by atoms with Gasteiger partial charge in [-0.05, 0) is 25.1 Å². The van der Waals surface area contributed by atoms with Gasteiger partial charge in [0.2, 0.25) is 5.91 Å². The monoisotopic (exact) mass is 270 g/mol. The van der Waals surface area contributed by atoms with E-state index in [1.807, 2.05) is 19.1 Å². The minimum Gasteiger partial charge on any atom is -0.353 e. The molecule has 1 aromatic rings. The van der Waals surface area contributed by atoms with Gasteiger partial charge in [0.15, 0.2) is 0 Å². The fraction of sp³-hybridized carbons (Fsp3) is 0.417. The maximum atomic E-state index is 11.4. The molecule has 1 amide bonds. The van der Waals surface area contributed by atoms with Crippen LogP contribution < -0.4 is 5.32 Å². The minimum absolute atomic E-state index is 0.0414. The average Bonchev–Trinajstić information content (AvgIpc) is 2.70. The zero-order valence-corrected chi connectivity index (χ0v) is 11.2. The highest BCUT2D eigenvalue weighted by molar-refractivity contribution is 7.16. The Morgan fingerprint density at radius 1 is 1.65 bits per heavy atom. The molecule has 17 heavy (non-hydrogen) atoms. The fourth-order valence-corrected chi connectivity index (χ4v) is 2.79. The van der Waals surface area contributed by atoms with Gasteiger partial charge in [0, 0.05) is 24.5 Å². The molecule has 0 unspecified atom stereocenters. The summed E-state index contributed by atoms with van der Waals surface area (Å²) in [5, 5.41) is 2.85. The number of carbonyl (C=O) groups is 1. The SMILES string of the molecule is C[C@H]1C(=O)NCCN1CC=Cc1ccc(Cl)s1. The van der Waals surface area contributed by atoms with Crippen LogP contribution in [0.4, 0.5) is 0 Å². The molecule has 1 saturated heterocycles. The quantitative estimate of drug-likeness (QED) is 0.914. The van der Waals surface area contributed by atoms with Crippen LogP contribution in [0.2, 0.25) is 4.34 Å². The third-order valence-corrected chi connectivity index (χ3v) is 4.04. The molecule has 2 heterocycles. The van der Waals surface area contributed by atoms with Crippen LogP contribution in [-0.2, 0) is 4.79 Å². The summed E-state index contributed by atoms with van der Waals surface area (Å²) in [6, 6.07) is 3.85. The second-order valence-electron chi connectivity index (χ2n) is 4.01. The highest BCUT2D eigenvalue weighted by Gasteiger charge is 2.23. The van der Waals surface area contributed by atoms with Crippen molar-refractivity contribution in [1.29, 1.82) is 0 Å². The summed E-state index contributed by atoms with van der Waals surface area (Å²) in [5.41, 5.74) is 0. The molecule has 92 valence electrons. The van der Waals surface area contributed by atoms with E-state index in [0.717, 1.165) is 28.8 Å². The Balaban J connectivity index is 1.89. The van der Waals surface area contributed by atoms with Crippen molar-refractivity contribution >= 4 is 34.9 Å². The molecule has 2 rings (SSSR count). The Labute approximate surface area is 110 Å². The van der Waals surface area contributed by atoms with E-state index in [1.54, 1.807) is 11.3 Å². The van der Waals surface area contributed by atoms with Crippen LogP contribution in [-0.4, -0.2) is 36.5 Å². The number of thiophene rings is 1. The molecule has 1 N–H and O–H groups in total. The van der Waals surface area contributed by atoms with Crippen LogP contribution in [0.15, 0.2) is 18.2 Å².